The molecule has 0 bridgehead atoms. The van der Waals surface area contributed by atoms with Gasteiger partial charge in [-0.25, -0.2) is 4.98 Å². The molecule has 5 rings (SSSR count). The Bertz CT molecular complexity index is 1280. The first-order valence-electron chi connectivity index (χ1n) is 9.70. The maximum absolute atomic E-state index is 12.9. The quantitative estimate of drug-likeness (QED) is 0.573. The van der Waals surface area contributed by atoms with E-state index in [1.54, 1.807) is 12.3 Å². The van der Waals surface area contributed by atoms with Gasteiger partial charge in [0.2, 0.25) is 5.56 Å². The number of aryl methyl sites for hydroxylation is 1. The summed E-state index contributed by atoms with van der Waals surface area (Å²) in [6, 6.07) is 13.4. The number of imidazole rings is 1. The molecule has 1 aliphatic rings. The molecule has 3 aromatic heterocycles. The molecule has 4 heterocycles. The highest BCUT2D eigenvalue weighted by Gasteiger charge is 2.24. The molecule has 1 N–H and O–H groups in total. The lowest BCUT2D eigenvalue weighted by Crippen LogP contribution is -2.48. The second-order valence-corrected chi connectivity index (χ2v) is 7.42. The fraction of sp³-hybridized carbons (Fsp3) is 0.227. The number of nitrogens with one attached hydrogen (secondary N) is 1. The highest BCUT2D eigenvalue weighted by molar-refractivity contribution is 5.93. The molecule has 1 saturated heterocycles. The van der Waals surface area contributed by atoms with Crippen molar-refractivity contribution in [3.05, 3.63) is 76.5 Å². The Morgan fingerprint density at radius 2 is 1.90 bits per heavy atom. The first-order valence-corrected chi connectivity index (χ1v) is 9.70. The first kappa shape index (κ1) is 17.5. The van der Waals surface area contributed by atoms with Crippen LogP contribution in [0.2, 0.25) is 0 Å². The van der Waals surface area contributed by atoms with Crippen molar-refractivity contribution in [1.29, 1.82) is 0 Å². The molecule has 146 valence electrons. The molecule has 4 aromatic rings. The molecule has 7 heteroatoms. The average Bonchev–Trinajstić information content (AvgIpc) is 3.19. The molecule has 29 heavy (non-hydrogen) atoms. The van der Waals surface area contributed by atoms with E-state index in [9.17, 15) is 9.59 Å². The predicted octanol–water partition coefficient (Wildman–Crippen LogP) is 2.45. The van der Waals surface area contributed by atoms with E-state index in [0.717, 1.165) is 40.9 Å². The van der Waals surface area contributed by atoms with Gasteiger partial charge in [0.25, 0.3) is 5.91 Å². The van der Waals surface area contributed by atoms with Gasteiger partial charge in [-0.15, -0.1) is 0 Å². The fourth-order valence-corrected chi connectivity index (χ4v) is 3.92. The molecule has 0 saturated carbocycles. The summed E-state index contributed by atoms with van der Waals surface area (Å²) >= 11 is 0. The summed E-state index contributed by atoms with van der Waals surface area (Å²) in [5.74, 6) is -0.0242. The van der Waals surface area contributed by atoms with Crippen LogP contribution in [-0.4, -0.2) is 51.4 Å². The van der Waals surface area contributed by atoms with Crippen LogP contribution >= 0.6 is 0 Å². The summed E-state index contributed by atoms with van der Waals surface area (Å²) in [6.45, 7) is 4.80. The van der Waals surface area contributed by atoms with E-state index in [1.807, 2.05) is 52.8 Å². The number of hydrogen-bond donors (Lipinski definition) is 1. The standard InChI is InChI=1S/C22H21N5O2/c1-15-3-2-8-27-14-19(24-21(15)27)22(29)26-11-9-25(10-12-26)17-5-6-18-16(13-17)4-7-20(28)23-18/h2-8,13-14H,9-12H2,1H3,(H,23,28). The molecule has 0 unspecified atom stereocenters. The van der Waals surface area contributed by atoms with Crippen molar-refractivity contribution in [2.75, 3.05) is 31.1 Å². The Morgan fingerprint density at radius 1 is 1.07 bits per heavy atom. The second-order valence-electron chi connectivity index (χ2n) is 7.42. The zero-order valence-electron chi connectivity index (χ0n) is 16.1. The van der Waals surface area contributed by atoms with Crippen molar-refractivity contribution in [3.63, 3.8) is 0 Å². The molecule has 1 fully saturated rings. The Balaban J connectivity index is 1.31. The lowest BCUT2D eigenvalue weighted by molar-refractivity contribution is 0.0741. The highest BCUT2D eigenvalue weighted by Crippen LogP contribution is 2.22. The minimum absolute atomic E-state index is 0.0242. The first-order chi connectivity index (χ1) is 14.1. The van der Waals surface area contributed by atoms with Crippen LogP contribution in [0.4, 0.5) is 5.69 Å². The maximum atomic E-state index is 12.9. The summed E-state index contributed by atoms with van der Waals surface area (Å²) in [4.78, 5) is 35.9. The number of amides is 1. The molecule has 0 atom stereocenters. The number of carbonyl (C=O) groups is 1. The van der Waals surface area contributed by atoms with Crippen LogP contribution in [0, 0.1) is 6.92 Å². The molecule has 7 nitrogen and oxygen atoms in total. The molecule has 1 aromatic carbocycles. The normalized spacial score (nSPS) is 14.7. The number of piperazine rings is 1. The van der Waals surface area contributed by atoms with E-state index >= 15 is 0 Å². The molecule has 1 aliphatic heterocycles. The highest BCUT2D eigenvalue weighted by atomic mass is 16.2. The number of aromatic amines is 1. The molecule has 0 spiro atoms. The summed E-state index contributed by atoms with van der Waals surface area (Å²) in [5, 5.41) is 1.00. The van der Waals surface area contributed by atoms with Gasteiger partial charge in [-0.05, 0) is 42.8 Å². The molecular weight excluding hydrogens is 366 g/mol. The van der Waals surface area contributed by atoms with E-state index in [2.05, 4.69) is 20.9 Å². The number of aromatic nitrogens is 3. The van der Waals surface area contributed by atoms with E-state index in [1.165, 1.54) is 0 Å². The molecule has 1 amide bonds. The topological polar surface area (TPSA) is 73.7 Å². The minimum atomic E-state index is -0.0977. The van der Waals surface area contributed by atoms with Crippen LogP contribution in [0.3, 0.4) is 0 Å². The Kier molecular flexibility index (Phi) is 4.08. The van der Waals surface area contributed by atoms with Gasteiger partial charge in [-0.1, -0.05) is 6.07 Å². The second kappa shape index (κ2) is 6.77. The number of pyridine rings is 2. The Labute approximate surface area is 167 Å². The van der Waals surface area contributed by atoms with Gasteiger partial charge in [0.1, 0.15) is 11.3 Å². The number of anilines is 1. The summed E-state index contributed by atoms with van der Waals surface area (Å²) in [6.07, 6.45) is 3.72. The van der Waals surface area contributed by atoms with Gasteiger partial charge >= 0.3 is 0 Å². The number of benzene rings is 1. The number of carbonyl (C=O) groups excluding carboxylic acids is 1. The lowest BCUT2D eigenvalue weighted by Gasteiger charge is -2.36. The van der Waals surface area contributed by atoms with Crippen LogP contribution in [-0.2, 0) is 0 Å². The van der Waals surface area contributed by atoms with Crippen molar-refractivity contribution in [2.45, 2.75) is 6.92 Å². The number of nitrogens with zero attached hydrogens (tertiary/aromatic N) is 4. The molecule has 0 aliphatic carbocycles. The van der Waals surface area contributed by atoms with E-state index in [0.29, 0.717) is 18.8 Å². The molecular formula is C22H21N5O2. The van der Waals surface area contributed by atoms with Crippen molar-refractivity contribution < 1.29 is 4.79 Å². The zero-order valence-corrected chi connectivity index (χ0v) is 16.1. The van der Waals surface area contributed by atoms with Crippen LogP contribution in [0.25, 0.3) is 16.6 Å². The monoisotopic (exact) mass is 387 g/mol. The smallest absolute Gasteiger partial charge is 0.274 e. The number of H-pyrrole nitrogens is 1. The largest absolute Gasteiger partial charge is 0.368 e. The van der Waals surface area contributed by atoms with Gasteiger partial charge in [-0.2, -0.15) is 0 Å². The number of rotatable bonds is 2. The SMILES string of the molecule is Cc1cccn2cc(C(=O)N3CCN(c4ccc5[nH]c(=O)ccc5c4)CC3)nc12. The van der Waals surface area contributed by atoms with Gasteiger partial charge < -0.3 is 19.2 Å². The maximum Gasteiger partial charge on any atom is 0.274 e. The van der Waals surface area contributed by atoms with Crippen LogP contribution < -0.4 is 10.5 Å². The lowest BCUT2D eigenvalue weighted by atomic mass is 10.1. The Hall–Kier alpha value is -3.61. The third-order valence-electron chi connectivity index (χ3n) is 5.54. The molecule has 0 radical (unpaired) electrons. The predicted molar refractivity (Wildman–Crippen MR) is 113 cm³/mol. The fourth-order valence-electron chi connectivity index (χ4n) is 3.92. The summed E-state index contributed by atoms with van der Waals surface area (Å²) < 4.78 is 1.90. The van der Waals surface area contributed by atoms with E-state index in [4.69, 9.17) is 0 Å². The van der Waals surface area contributed by atoms with Crippen LogP contribution in [0.5, 0.6) is 0 Å². The van der Waals surface area contributed by atoms with Crippen LogP contribution in [0.1, 0.15) is 16.1 Å². The van der Waals surface area contributed by atoms with Gasteiger partial charge in [0.05, 0.1) is 0 Å². The summed E-state index contributed by atoms with van der Waals surface area (Å²) in [5.41, 5.74) is 4.19. The van der Waals surface area contributed by atoms with E-state index in [-0.39, 0.29) is 11.5 Å². The summed E-state index contributed by atoms with van der Waals surface area (Å²) in [7, 11) is 0. The minimum Gasteiger partial charge on any atom is -0.368 e. The Morgan fingerprint density at radius 3 is 2.69 bits per heavy atom. The van der Waals surface area contributed by atoms with E-state index < -0.39 is 0 Å². The third-order valence-corrected chi connectivity index (χ3v) is 5.54. The van der Waals surface area contributed by atoms with Gasteiger partial charge in [0.15, 0.2) is 0 Å². The number of fused-ring (bicyclic) bond motifs is 2. The average molecular weight is 387 g/mol. The van der Waals surface area contributed by atoms with Gasteiger partial charge in [0, 0.05) is 61.2 Å². The van der Waals surface area contributed by atoms with Crippen molar-refractivity contribution in [3.8, 4) is 0 Å². The van der Waals surface area contributed by atoms with Gasteiger partial charge in [-0.3, -0.25) is 9.59 Å². The van der Waals surface area contributed by atoms with Crippen LogP contribution in [0.15, 0.2) is 59.7 Å². The number of hydrogen-bond acceptors (Lipinski definition) is 4. The zero-order chi connectivity index (χ0) is 20.0. The third kappa shape index (κ3) is 3.14. The van der Waals surface area contributed by atoms with Crippen molar-refractivity contribution in [1.82, 2.24) is 19.3 Å². The van der Waals surface area contributed by atoms with Crippen molar-refractivity contribution in [2.24, 2.45) is 0 Å². The van der Waals surface area contributed by atoms with Crippen molar-refractivity contribution >= 4 is 28.1 Å².